The van der Waals surface area contributed by atoms with Crippen LogP contribution in [0.5, 0.6) is 0 Å². The number of hydrogen-bond acceptors (Lipinski definition) is 5. The van der Waals surface area contributed by atoms with Crippen LogP contribution in [0.4, 0.5) is 0 Å². The SMILES string of the molecule is CCN(CC)S(=O)(=O)c1cccc(S(=O)(=O)N2CCCC(CN)C2)c1.Cl. The summed E-state index contributed by atoms with van der Waals surface area (Å²) >= 11 is 0. The summed E-state index contributed by atoms with van der Waals surface area (Å²) in [4.78, 5) is 0.0167. The second-order valence-electron chi connectivity index (χ2n) is 6.17. The van der Waals surface area contributed by atoms with Gasteiger partial charge in [-0.3, -0.25) is 0 Å². The van der Waals surface area contributed by atoms with E-state index in [0.29, 0.717) is 32.7 Å². The van der Waals surface area contributed by atoms with Gasteiger partial charge in [-0.05, 0) is 43.5 Å². The Morgan fingerprint density at radius 1 is 1.15 bits per heavy atom. The lowest BCUT2D eigenvalue weighted by atomic mass is 10.0. The van der Waals surface area contributed by atoms with Gasteiger partial charge in [0.15, 0.2) is 0 Å². The minimum atomic E-state index is -3.73. The van der Waals surface area contributed by atoms with E-state index in [9.17, 15) is 16.8 Å². The lowest BCUT2D eigenvalue weighted by Gasteiger charge is -2.31. The maximum absolute atomic E-state index is 12.9. The molecule has 2 N–H and O–H groups in total. The summed E-state index contributed by atoms with van der Waals surface area (Å²) in [5.41, 5.74) is 5.69. The van der Waals surface area contributed by atoms with Crippen LogP contribution >= 0.6 is 12.4 Å². The molecule has 1 fully saturated rings. The van der Waals surface area contributed by atoms with Gasteiger partial charge >= 0.3 is 0 Å². The summed E-state index contributed by atoms with van der Waals surface area (Å²) in [6, 6.07) is 5.62. The number of hydrogen-bond donors (Lipinski definition) is 1. The zero-order valence-corrected chi connectivity index (χ0v) is 17.6. The molecule has 1 aliphatic heterocycles. The summed E-state index contributed by atoms with van der Waals surface area (Å²) in [5.74, 6) is 0.145. The van der Waals surface area contributed by atoms with Gasteiger partial charge in [-0.15, -0.1) is 12.4 Å². The van der Waals surface area contributed by atoms with E-state index in [1.54, 1.807) is 13.8 Å². The van der Waals surface area contributed by atoms with Crippen LogP contribution in [0.1, 0.15) is 26.7 Å². The molecular formula is C16H28ClN3O4S2. The van der Waals surface area contributed by atoms with Gasteiger partial charge in [0.25, 0.3) is 0 Å². The monoisotopic (exact) mass is 425 g/mol. The molecule has 26 heavy (non-hydrogen) atoms. The van der Waals surface area contributed by atoms with Crippen LogP contribution < -0.4 is 5.73 Å². The van der Waals surface area contributed by atoms with Crippen molar-refractivity contribution in [3.05, 3.63) is 24.3 Å². The first-order chi connectivity index (χ1) is 11.8. The molecule has 10 heteroatoms. The fraction of sp³-hybridized carbons (Fsp3) is 0.625. The summed E-state index contributed by atoms with van der Waals surface area (Å²) in [6.45, 7) is 5.44. The molecule has 1 aromatic carbocycles. The van der Waals surface area contributed by atoms with Gasteiger partial charge in [-0.25, -0.2) is 16.8 Å². The van der Waals surface area contributed by atoms with Crippen LogP contribution in [0.25, 0.3) is 0 Å². The molecule has 0 spiro atoms. The number of halogens is 1. The molecule has 0 aromatic heterocycles. The Morgan fingerprint density at radius 2 is 1.77 bits per heavy atom. The number of nitrogens with two attached hydrogens (primary N) is 1. The van der Waals surface area contributed by atoms with E-state index in [-0.39, 0.29) is 28.1 Å². The maximum atomic E-state index is 12.9. The average Bonchev–Trinajstić information content (AvgIpc) is 2.62. The largest absolute Gasteiger partial charge is 0.330 e. The van der Waals surface area contributed by atoms with E-state index in [4.69, 9.17) is 5.73 Å². The van der Waals surface area contributed by atoms with E-state index in [0.717, 1.165) is 12.8 Å². The molecule has 0 saturated carbocycles. The van der Waals surface area contributed by atoms with Crippen molar-refractivity contribution in [2.45, 2.75) is 36.5 Å². The third kappa shape index (κ3) is 4.76. The molecule has 1 atom stereocenters. The fourth-order valence-electron chi connectivity index (χ4n) is 3.09. The Kier molecular flexibility index (Phi) is 8.50. The lowest BCUT2D eigenvalue weighted by molar-refractivity contribution is 0.271. The third-order valence-electron chi connectivity index (χ3n) is 4.60. The molecular weight excluding hydrogens is 398 g/mol. The topological polar surface area (TPSA) is 101 Å². The Balaban J connectivity index is 0.00000338. The van der Waals surface area contributed by atoms with E-state index < -0.39 is 20.0 Å². The Hall–Kier alpha value is -0.710. The predicted octanol–water partition coefficient (Wildman–Crippen LogP) is 1.50. The van der Waals surface area contributed by atoms with Gasteiger partial charge in [0.1, 0.15) is 0 Å². The van der Waals surface area contributed by atoms with E-state index >= 15 is 0 Å². The van der Waals surface area contributed by atoms with Crippen LogP contribution in [-0.4, -0.2) is 58.2 Å². The summed E-state index contributed by atoms with van der Waals surface area (Å²) in [7, 11) is -7.43. The molecule has 1 aromatic rings. The summed E-state index contributed by atoms with van der Waals surface area (Å²) in [6.07, 6.45) is 1.68. The first-order valence-corrected chi connectivity index (χ1v) is 11.5. The molecule has 1 unspecified atom stereocenters. The molecule has 1 aliphatic rings. The molecule has 1 heterocycles. The fourth-order valence-corrected chi connectivity index (χ4v) is 6.27. The van der Waals surface area contributed by atoms with E-state index in [2.05, 4.69) is 0 Å². The van der Waals surface area contributed by atoms with Crippen molar-refractivity contribution < 1.29 is 16.8 Å². The first-order valence-electron chi connectivity index (χ1n) is 8.57. The number of sulfonamides is 2. The van der Waals surface area contributed by atoms with E-state index in [1.165, 1.54) is 32.9 Å². The van der Waals surface area contributed by atoms with Crippen molar-refractivity contribution in [2.75, 3.05) is 32.7 Å². The third-order valence-corrected chi connectivity index (χ3v) is 8.51. The van der Waals surface area contributed by atoms with Crippen LogP contribution in [-0.2, 0) is 20.0 Å². The Morgan fingerprint density at radius 3 is 2.35 bits per heavy atom. The van der Waals surface area contributed by atoms with Gasteiger partial charge in [-0.2, -0.15) is 8.61 Å². The van der Waals surface area contributed by atoms with Crippen molar-refractivity contribution >= 4 is 32.5 Å². The van der Waals surface area contributed by atoms with Crippen LogP contribution in [0.2, 0.25) is 0 Å². The summed E-state index contributed by atoms with van der Waals surface area (Å²) in [5, 5.41) is 0. The molecule has 0 amide bonds. The Bertz CT molecular complexity index is 795. The van der Waals surface area contributed by atoms with Gasteiger partial charge in [0.05, 0.1) is 9.79 Å². The second kappa shape index (κ2) is 9.48. The van der Waals surface area contributed by atoms with Gasteiger partial charge < -0.3 is 5.73 Å². The highest BCUT2D eigenvalue weighted by Gasteiger charge is 2.31. The highest BCUT2D eigenvalue weighted by Crippen LogP contribution is 2.25. The van der Waals surface area contributed by atoms with E-state index in [1.807, 2.05) is 0 Å². The molecule has 2 rings (SSSR count). The number of piperidine rings is 1. The van der Waals surface area contributed by atoms with Crippen molar-refractivity contribution in [2.24, 2.45) is 11.7 Å². The molecule has 0 bridgehead atoms. The van der Waals surface area contributed by atoms with Gasteiger partial charge in [0, 0.05) is 26.2 Å². The van der Waals surface area contributed by atoms with Crippen LogP contribution in [0.3, 0.4) is 0 Å². The maximum Gasteiger partial charge on any atom is 0.243 e. The first kappa shape index (κ1) is 23.3. The lowest BCUT2D eigenvalue weighted by Crippen LogP contribution is -2.42. The predicted molar refractivity (Wildman–Crippen MR) is 104 cm³/mol. The van der Waals surface area contributed by atoms with Crippen LogP contribution in [0, 0.1) is 5.92 Å². The second-order valence-corrected chi connectivity index (χ2v) is 10.0. The van der Waals surface area contributed by atoms with Crippen molar-refractivity contribution in [3.8, 4) is 0 Å². The number of benzene rings is 1. The Labute approximate surface area is 163 Å². The van der Waals surface area contributed by atoms with Gasteiger partial charge in [0.2, 0.25) is 20.0 Å². The minimum Gasteiger partial charge on any atom is -0.330 e. The zero-order valence-electron chi connectivity index (χ0n) is 15.2. The molecule has 1 saturated heterocycles. The number of rotatable bonds is 7. The van der Waals surface area contributed by atoms with Gasteiger partial charge in [-0.1, -0.05) is 19.9 Å². The quantitative estimate of drug-likeness (QED) is 0.713. The van der Waals surface area contributed by atoms with Crippen molar-refractivity contribution in [1.82, 2.24) is 8.61 Å². The molecule has 7 nitrogen and oxygen atoms in total. The highest BCUT2D eigenvalue weighted by molar-refractivity contribution is 7.90. The van der Waals surface area contributed by atoms with Crippen molar-refractivity contribution in [3.63, 3.8) is 0 Å². The average molecular weight is 426 g/mol. The highest BCUT2D eigenvalue weighted by atomic mass is 35.5. The normalized spacial score (nSPS) is 19.3. The smallest absolute Gasteiger partial charge is 0.243 e. The summed E-state index contributed by atoms with van der Waals surface area (Å²) < 4.78 is 53.8. The molecule has 0 radical (unpaired) electrons. The molecule has 0 aliphatic carbocycles. The van der Waals surface area contributed by atoms with Crippen molar-refractivity contribution in [1.29, 1.82) is 0 Å². The zero-order chi connectivity index (χ0) is 18.7. The standard InChI is InChI=1S/C16H27N3O4S2.ClH/c1-3-18(4-2)24(20,21)15-8-5-9-16(11-15)25(22,23)19-10-6-7-14(12-17)13-19;/h5,8-9,11,14H,3-4,6-7,10,12-13,17H2,1-2H3;1H. The number of nitrogens with zero attached hydrogens (tertiary/aromatic N) is 2. The molecule has 150 valence electrons. The minimum absolute atomic E-state index is 0. The van der Waals surface area contributed by atoms with Crippen LogP contribution in [0.15, 0.2) is 34.1 Å².